The van der Waals surface area contributed by atoms with Crippen molar-refractivity contribution in [2.75, 3.05) is 20.3 Å². The second kappa shape index (κ2) is 4.46. The minimum atomic E-state index is -0.203. The van der Waals surface area contributed by atoms with Gasteiger partial charge in [0, 0.05) is 26.0 Å². The Morgan fingerprint density at radius 2 is 2.17 bits per heavy atom. The molecule has 1 unspecified atom stereocenters. The lowest BCUT2D eigenvalue weighted by Crippen LogP contribution is -2.42. The molecule has 0 saturated carbocycles. The fraction of sp³-hybridized carbons (Fsp3) is 0.357. The quantitative estimate of drug-likeness (QED) is 0.801. The highest BCUT2D eigenvalue weighted by Gasteiger charge is 2.30. The van der Waals surface area contributed by atoms with Crippen LogP contribution in [0.5, 0.6) is 0 Å². The summed E-state index contributed by atoms with van der Waals surface area (Å²) < 4.78 is 0. The molecular weight excluding hydrogens is 226 g/mol. The number of fused-ring (bicyclic) bond motifs is 1. The van der Waals surface area contributed by atoms with Gasteiger partial charge in [-0.05, 0) is 17.5 Å². The molecule has 0 saturated heterocycles. The molecule has 1 amide bonds. The third-order valence-corrected chi connectivity index (χ3v) is 3.52. The van der Waals surface area contributed by atoms with E-state index in [1.807, 2.05) is 42.5 Å². The van der Waals surface area contributed by atoms with Crippen molar-refractivity contribution >= 4 is 5.91 Å². The lowest BCUT2D eigenvalue weighted by atomic mass is 9.94. The number of nitrogens with zero attached hydrogens (tertiary/aromatic N) is 2. The lowest BCUT2D eigenvalue weighted by molar-refractivity contribution is -0.131. The average Bonchev–Trinajstić information content (AvgIpc) is 2.84. The van der Waals surface area contributed by atoms with Crippen LogP contribution < -0.4 is 5.32 Å². The summed E-state index contributed by atoms with van der Waals surface area (Å²) in [7, 11) is 1.96. The van der Waals surface area contributed by atoms with Gasteiger partial charge in [0.05, 0.1) is 6.67 Å². The number of hydrogen-bond donors (Lipinski definition) is 1. The van der Waals surface area contributed by atoms with Crippen LogP contribution in [0, 0.1) is 0 Å². The number of carbonyl (C=O) groups is 1. The molecule has 1 atom stereocenters. The summed E-state index contributed by atoms with van der Waals surface area (Å²) in [6.45, 7) is 1.50. The van der Waals surface area contributed by atoms with E-state index in [1.165, 1.54) is 5.56 Å². The van der Waals surface area contributed by atoms with Crippen molar-refractivity contribution in [1.29, 1.82) is 0 Å². The summed E-state index contributed by atoms with van der Waals surface area (Å²) in [6.07, 6.45) is 4.77. The van der Waals surface area contributed by atoms with Crippen molar-refractivity contribution in [2.45, 2.75) is 12.5 Å². The van der Waals surface area contributed by atoms with Crippen molar-refractivity contribution in [3.63, 3.8) is 0 Å². The van der Waals surface area contributed by atoms with Crippen molar-refractivity contribution in [3.8, 4) is 0 Å². The van der Waals surface area contributed by atoms with Crippen LogP contribution in [-0.2, 0) is 11.2 Å². The van der Waals surface area contributed by atoms with Crippen LogP contribution in [0.2, 0.25) is 0 Å². The van der Waals surface area contributed by atoms with Crippen LogP contribution >= 0.6 is 0 Å². The van der Waals surface area contributed by atoms with E-state index in [0.717, 1.165) is 18.5 Å². The van der Waals surface area contributed by atoms with Crippen molar-refractivity contribution in [2.24, 2.45) is 0 Å². The Labute approximate surface area is 107 Å². The first kappa shape index (κ1) is 11.3. The number of nitrogens with one attached hydrogen (secondary N) is 1. The van der Waals surface area contributed by atoms with Gasteiger partial charge in [0.15, 0.2) is 0 Å². The molecule has 1 aromatic carbocycles. The van der Waals surface area contributed by atoms with Crippen LogP contribution in [0.4, 0.5) is 0 Å². The highest BCUT2D eigenvalue weighted by Crippen LogP contribution is 2.25. The Balaban J connectivity index is 1.86. The van der Waals surface area contributed by atoms with Crippen LogP contribution in [0.3, 0.4) is 0 Å². The lowest BCUT2D eigenvalue weighted by Gasteiger charge is -2.29. The molecule has 0 aliphatic carbocycles. The van der Waals surface area contributed by atoms with E-state index < -0.39 is 0 Å². The molecule has 1 aromatic rings. The number of benzene rings is 1. The third kappa shape index (κ3) is 1.88. The van der Waals surface area contributed by atoms with Crippen LogP contribution in [-0.4, -0.2) is 36.0 Å². The average molecular weight is 243 g/mol. The van der Waals surface area contributed by atoms with Gasteiger partial charge in [-0.15, -0.1) is 0 Å². The molecular formula is C14H17N3O. The molecule has 1 N–H and O–H groups in total. The Morgan fingerprint density at radius 3 is 2.94 bits per heavy atom. The molecule has 0 radical (unpaired) electrons. The molecule has 0 aromatic heterocycles. The number of carbonyl (C=O) groups excluding carboxylic acids is 1. The normalized spacial score (nSPS) is 22.2. The molecule has 0 bridgehead atoms. The number of hydrogen-bond acceptors (Lipinski definition) is 3. The molecule has 94 valence electrons. The first-order valence-corrected chi connectivity index (χ1v) is 6.26. The van der Waals surface area contributed by atoms with Gasteiger partial charge in [-0.25, -0.2) is 0 Å². The maximum Gasteiger partial charge on any atom is 0.249 e. The van der Waals surface area contributed by atoms with Gasteiger partial charge in [0.2, 0.25) is 5.91 Å². The standard InChI is InChI=1S/C14H17N3O/c1-16-8-9-17(10-16)14(18)13-12-5-3-2-4-11(12)6-7-15-13/h2-5,8-9,13,15H,6-7,10H2,1H3. The van der Waals surface area contributed by atoms with Gasteiger partial charge in [0.25, 0.3) is 0 Å². The predicted molar refractivity (Wildman–Crippen MR) is 69.5 cm³/mol. The smallest absolute Gasteiger partial charge is 0.249 e. The van der Waals surface area contributed by atoms with E-state index in [0.29, 0.717) is 6.67 Å². The molecule has 4 heteroatoms. The van der Waals surface area contributed by atoms with Gasteiger partial charge >= 0.3 is 0 Å². The highest BCUT2D eigenvalue weighted by molar-refractivity contribution is 5.85. The fourth-order valence-corrected chi connectivity index (χ4v) is 2.56. The van der Waals surface area contributed by atoms with E-state index >= 15 is 0 Å². The van der Waals surface area contributed by atoms with E-state index in [1.54, 1.807) is 4.90 Å². The topological polar surface area (TPSA) is 35.6 Å². The van der Waals surface area contributed by atoms with E-state index in [2.05, 4.69) is 11.4 Å². The summed E-state index contributed by atoms with van der Waals surface area (Å²) in [4.78, 5) is 16.3. The maximum atomic E-state index is 12.5. The zero-order chi connectivity index (χ0) is 12.5. The SMILES string of the molecule is CN1C=CN(C(=O)C2NCCc3ccccc32)C1. The summed E-state index contributed by atoms with van der Waals surface area (Å²) in [5, 5.41) is 3.32. The molecule has 2 heterocycles. The molecule has 3 rings (SSSR count). The van der Waals surface area contributed by atoms with E-state index in [-0.39, 0.29) is 11.9 Å². The van der Waals surface area contributed by atoms with Crippen molar-refractivity contribution < 1.29 is 4.79 Å². The second-order valence-electron chi connectivity index (χ2n) is 4.84. The zero-order valence-corrected chi connectivity index (χ0v) is 10.5. The van der Waals surface area contributed by atoms with Gasteiger partial charge in [-0.3, -0.25) is 9.69 Å². The molecule has 2 aliphatic heterocycles. The summed E-state index contributed by atoms with van der Waals surface area (Å²) in [5.41, 5.74) is 2.41. The van der Waals surface area contributed by atoms with E-state index in [4.69, 9.17) is 0 Å². The first-order valence-electron chi connectivity index (χ1n) is 6.26. The molecule has 2 aliphatic rings. The summed E-state index contributed by atoms with van der Waals surface area (Å²) >= 11 is 0. The largest absolute Gasteiger partial charge is 0.361 e. The predicted octanol–water partition coefficient (Wildman–Crippen LogP) is 1.08. The zero-order valence-electron chi connectivity index (χ0n) is 10.5. The van der Waals surface area contributed by atoms with Gasteiger partial charge < -0.3 is 10.2 Å². The summed E-state index contributed by atoms with van der Waals surface area (Å²) in [5.74, 6) is 0.128. The Bertz CT molecular complexity index is 498. The van der Waals surface area contributed by atoms with Crippen molar-refractivity contribution in [3.05, 3.63) is 47.8 Å². The summed E-state index contributed by atoms with van der Waals surface area (Å²) in [6, 6.07) is 7.99. The Hall–Kier alpha value is -1.81. The van der Waals surface area contributed by atoms with Gasteiger partial charge in [0.1, 0.15) is 6.04 Å². The molecule has 0 fully saturated rings. The minimum Gasteiger partial charge on any atom is -0.361 e. The van der Waals surface area contributed by atoms with Crippen LogP contribution in [0.1, 0.15) is 17.2 Å². The van der Waals surface area contributed by atoms with Crippen LogP contribution in [0.25, 0.3) is 0 Å². The monoisotopic (exact) mass is 243 g/mol. The van der Waals surface area contributed by atoms with Crippen molar-refractivity contribution in [1.82, 2.24) is 15.1 Å². The fourth-order valence-electron chi connectivity index (χ4n) is 2.56. The van der Waals surface area contributed by atoms with Gasteiger partial charge in [-0.1, -0.05) is 24.3 Å². The van der Waals surface area contributed by atoms with E-state index in [9.17, 15) is 4.79 Å². The maximum absolute atomic E-state index is 12.5. The molecule has 18 heavy (non-hydrogen) atoms. The van der Waals surface area contributed by atoms with Crippen LogP contribution in [0.15, 0.2) is 36.7 Å². The second-order valence-corrected chi connectivity index (χ2v) is 4.84. The van der Waals surface area contributed by atoms with Gasteiger partial charge in [-0.2, -0.15) is 0 Å². The number of rotatable bonds is 1. The first-order chi connectivity index (χ1) is 8.75. The number of amides is 1. The molecule has 4 nitrogen and oxygen atoms in total. The third-order valence-electron chi connectivity index (χ3n) is 3.52. The minimum absolute atomic E-state index is 0.128. The highest BCUT2D eigenvalue weighted by atomic mass is 16.2. The Morgan fingerprint density at radius 1 is 1.33 bits per heavy atom. The Kier molecular flexibility index (Phi) is 2.80. The molecule has 0 spiro atoms.